The fourth-order valence-corrected chi connectivity index (χ4v) is 2.94. The van der Waals surface area contributed by atoms with Gasteiger partial charge in [-0.15, -0.1) is 0 Å². The number of hydrogen-bond donors (Lipinski definition) is 1. The van der Waals surface area contributed by atoms with E-state index < -0.39 is 0 Å². The van der Waals surface area contributed by atoms with Gasteiger partial charge >= 0.3 is 0 Å². The second kappa shape index (κ2) is 7.09. The van der Waals surface area contributed by atoms with Gasteiger partial charge in [-0.1, -0.05) is 32.9 Å². The monoisotopic (exact) mass is 276 g/mol. The topological polar surface area (TPSA) is 24.5 Å². The zero-order chi connectivity index (χ0) is 14.5. The maximum atomic E-state index is 5.65. The molecule has 1 aromatic rings. The first-order chi connectivity index (χ1) is 9.65. The second-order valence-electron chi connectivity index (χ2n) is 5.91. The van der Waals surface area contributed by atoms with Crippen molar-refractivity contribution < 1.29 is 4.74 Å². The van der Waals surface area contributed by atoms with Crippen LogP contribution in [0.25, 0.3) is 0 Å². The van der Waals surface area contributed by atoms with Crippen LogP contribution < -0.4 is 10.1 Å². The van der Waals surface area contributed by atoms with Crippen LogP contribution in [0, 0.1) is 0 Å². The SMILES string of the molecule is CCc1cc(CN2CCNCC2)cc(C(C)C)c1OC. The average Bonchev–Trinajstić information content (AvgIpc) is 2.47. The predicted octanol–water partition coefficient (Wildman–Crippen LogP) is 2.79. The van der Waals surface area contributed by atoms with Crippen molar-refractivity contribution in [2.45, 2.75) is 39.7 Å². The van der Waals surface area contributed by atoms with Crippen molar-refractivity contribution in [1.82, 2.24) is 10.2 Å². The minimum atomic E-state index is 0.498. The van der Waals surface area contributed by atoms with E-state index in [1.165, 1.54) is 16.7 Å². The molecule has 20 heavy (non-hydrogen) atoms. The normalized spacial score (nSPS) is 16.6. The summed E-state index contributed by atoms with van der Waals surface area (Å²) in [6.07, 6.45) is 1.03. The number of ether oxygens (including phenoxy) is 1. The Kier molecular flexibility index (Phi) is 5.44. The van der Waals surface area contributed by atoms with Crippen molar-refractivity contribution in [2.24, 2.45) is 0 Å². The van der Waals surface area contributed by atoms with Gasteiger partial charge in [0.05, 0.1) is 7.11 Å². The van der Waals surface area contributed by atoms with Crippen LogP contribution in [0.15, 0.2) is 12.1 Å². The fourth-order valence-electron chi connectivity index (χ4n) is 2.94. The number of nitrogens with zero attached hydrogens (tertiary/aromatic N) is 1. The van der Waals surface area contributed by atoms with Crippen molar-refractivity contribution in [3.8, 4) is 5.75 Å². The largest absolute Gasteiger partial charge is 0.496 e. The molecule has 1 saturated heterocycles. The number of benzene rings is 1. The van der Waals surface area contributed by atoms with E-state index in [1.54, 1.807) is 7.11 Å². The van der Waals surface area contributed by atoms with Crippen molar-refractivity contribution in [3.05, 3.63) is 28.8 Å². The van der Waals surface area contributed by atoms with Gasteiger partial charge in [0, 0.05) is 32.7 Å². The molecule has 1 aliphatic heterocycles. The first kappa shape index (κ1) is 15.3. The number of hydrogen-bond acceptors (Lipinski definition) is 3. The first-order valence-corrected chi connectivity index (χ1v) is 7.78. The van der Waals surface area contributed by atoms with E-state index in [0.29, 0.717) is 5.92 Å². The molecule has 1 aliphatic rings. The van der Waals surface area contributed by atoms with Crippen LogP contribution in [-0.2, 0) is 13.0 Å². The van der Waals surface area contributed by atoms with E-state index in [9.17, 15) is 0 Å². The number of rotatable bonds is 5. The molecule has 2 rings (SSSR count). The number of nitrogens with one attached hydrogen (secondary N) is 1. The summed E-state index contributed by atoms with van der Waals surface area (Å²) >= 11 is 0. The molecule has 3 nitrogen and oxygen atoms in total. The Hall–Kier alpha value is -1.06. The third kappa shape index (κ3) is 3.53. The Bertz CT molecular complexity index is 437. The summed E-state index contributed by atoms with van der Waals surface area (Å²) in [5.74, 6) is 1.59. The second-order valence-corrected chi connectivity index (χ2v) is 5.91. The van der Waals surface area contributed by atoms with Crippen LogP contribution >= 0.6 is 0 Å². The molecule has 0 unspecified atom stereocenters. The lowest BCUT2D eigenvalue weighted by Crippen LogP contribution is -2.42. The van der Waals surface area contributed by atoms with Crippen molar-refractivity contribution in [1.29, 1.82) is 0 Å². The molecule has 3 heteroatoms. The summed E-state index contributed by atoms with van der Waals surface area (Å²) in [5, 5.41) is 3.41. The highest BCUT2D eigenvalue weighted by Gasteiger charge is 2.16. The van der Waals surface area contributed by atoms with Crippen LogP contribution in [0.4, 0.5) is 0 Å². The smallest absolute Gasteiger partial charge is 0.125 e. The zero-order valence-corrected chi connectivity index (χ0v) is 13.3. The molecule has 0 aromatic heterocycles. The summed E-state index contributed by atoms with van der Waals surface area (Å²) in [4.78, 5) is 2.53. The Morgan fingerprint density at radius 3 is 2.50 bits per heavy atom. The van der Waals surface area contributed by atoms with Crippen molar-refractivity contribution >= 4 is 0 Å². The lowest BCUT2D eigenvalue weighted by Gasteiger charge is -2.28. The third-order valence-corrected chi connectivity index (χ3v) is 4.08. The Morgan fingerprint density at radius 2 is 1.95 bits per heavy atom. The summed E-state index contributed by atoms with van der Waals surface area (Å²) in [6.45, 7) is 12.2. The zero-order valence-electron chi connectivity index (χ0n) is 13.3. The molecule has 0 saturated carbocycles. The Labute approximate surface area is 123 Å². The molecule has 1 fully saturated rings. The average molecular weight is 276 g/mol. The van der Waals surface area contributed by atoms with E-state index >= 15 is 0 Å². The highest BCUT2D eigenvalue weighted by Crippen LogP contribution is 2.32. The maximum absolute atomic E-state index is 5.65. The van der Waals surface area contributed by atoms with Crippen molar-refractivity contribution in [2.75, 3.05) is 33.3 Å². The molecule has 0 radical (unpaired) electrons. The first-order valence-electron chi connectivity index (χ1n) is 7.78. The molecule has 1 aromatic carbocycles. The summed E-state index contributed by atoms with van der Waals surface area (Å²) in [5.41, 5.74) is 4.11. The number of aryl methyl sites for hydroxylation is 1. The molecule has 0 bridgehead atoms. The molecular formula is C17H28N2O. The predicted molar refractivity (Wildman–Crippen MR) is 84.6 cm³/mol. The van der Waals surface area contributed by atoms with E-state index in [2.05, 4.69) is 43.1 Å². The summed E-state index contributed by atoms with van der Waals surface area (Å²) in [6, 6.07) is 4.66. The Balaban J connectivity index is 2.26. The number of methoxy groups -OCH3 is 1. The third-order valence-electron chi connectivity index (χ3n) is 4.08. The quantitative estimate of drug-likeness (QED) is 0.895. The summed E-state index contributed by atoms with van der Waals surface area (Å²) in [7, 11) is 1.79. The van der Waals surface area contributed by atoms with E-state index in [0.717, 1.165) is 44.9 Å². The van der Waals surface area contributed by atoms with Gasteiger partial charge in [0.25, 0.3) is 0 Å². The van der Waals surface area contributed by atoms with Crippen LogP contribution in [-0.4, -0.2) is 38.2 Å². The minimum absolute atomic E-state index is 0.498. The van der Waals surface area contributed by atoms with E-state index in [-0.39, 0.29) is 0 Å². The van der Waals surface area contributed by atoms with Crippen LogP contribution in [0.2, 0.25) is 0 Å². The van der Waals surface area contributed by atoms with Gasteiger partial charge in [0.15, 0.2) is 0 Å². The van der Waals surface area contributed by atoms with Crippen LogP contribution in [0.3, 0.4) is 0 Å². The molecular weight excluding hydrogens is 248 g/mol. The standard InChI is InChI=1S/C17H28N2O/c1-5-15-10-14(12-19-8-6-18-7-9-19)11-16(13(2)3)17(15)20-4/h10-11,13,18H,5-9,12H2,1-4H3. The number of piperazine rings is 1. The molecule has 0 spiro atoms. The van der Waals surface area contributed by atoms with Gasteiger partial charge in [0.1, 0.15) is 5.75 Å². The van der Waals surface area contributed by atoms with E-state index in [4.69, 9.17) is 4.74 Å². The van der Waals surface area contributed by atoms with Gasteiger partial charge in [-0.25, -0.2) is 0 Å². The van der Waals surface area contributed by atoms with Gasteiger partial charge in [-0.05, 0) is 29.0 Å². The Morgan fingerprint density at radius 1 is 1.25 bits per heavy atom. The molecule has 112 valence electrons. The summed E-state index contributed by atoms with van der Waals surface area (Å²) < 4.78 is 5.65. The molecule has 1 heterocycles. The lowest BCUT2D eigenvalue weighted by atomic mass is 9.94. The lowest BCUT2D eigenvalue weighted by molar-refractivity contribution is 0.233. The molecule has 1 N–H and O–H groups in total. The van der Waals surface area contributed by atoms with Crippen LogP contribution in [0.1, 0.15) is 43.4 Å². The van der Waals surface area contributed by atoms with Gasteiger partial charge in [0.2, 0.25) is 0 Å². The molecule has 0 atom stereocenters. The fraction of sp³-hybridized carbons (Fsp3) is 0.647. The maximum Gasteiger partial charge on any atom is 0.125 e. The van der Waals surface area contributed by atoms with Crippen LogP contribution in [0.5, 0.6) is 5.75 Å². The van der Waals surface area contributed by atoms with Gasteiger partial charge < -0.3 is 10.1 Å². The molecule has 0 aliphatic carbocycles. The van der Waals surface area contributed by atoms with Gasteiger partial charge in [-0.3, -0.25) is 4.90 Å². The highest BCUT2D eigenvalue weighted by atomic mass is 16.5. The highest BCUT2D eigenvalue weighted by molar-refractivity contribution is 5.46. The van der Waals surface area contributed by atoms with Crippen molar-refractivity contribution in [3.63, 3.8) is 0 Å². The molecule has 0 amide bonds. The van der Waals surface area contributed by atoms with Gasteiger partial charge in [-0.2, -0.15) is 0 Å². The van der Waals surface area contributed by atoms with E-state index in [1.807, 2.05) is 0 Å². The minimum Gasteiger partial charge on any atom is -0.496 e.